The van der Waals surface area contributed by atoms with E-state index in [0.717, 1.165) is 24.3 Å². The molecule has 1 aromatic heterocycles. The molecule has 1 aliphatic rings. The van der Waals surface area contributed by atoms with Crippen LogP contribution in [0.15, 0.2) is 11.6 Å². The van der Waals surface area contributed by atoms with Crippen LogP contribution in [0.3, 0.4) is 0 Å². The van der Waals surface area contributed by atoms with Crippen molar-refractivity contribution < 1.29 is 4.79 Å². The highest BCUT2D eigenvalue weighted by Crippen LogP contribution is 2.31. The van der Waals surface area contributed by atoms with Crippen molar-refractivity contribution in [2.45, 2.75) is 32.1 Å². The van der Waals surface area contributed by atoms with Crippen molar-refractivity contribution in [3.63, 3.8) is 0 Å². The lowest BCUT2D eigenvalue weighted by atomic mass is 9.95. The van der Waals surface area contributed by atoms with Gasteiger partial charge in [0.1, 0.15) is 0 Å². The Kier molecular flexibility index (Phi) is 4.72. The Bertz CT molecular complexity index is 380. The summed E-state index contributed by atoms with van der Waals surface area (Å²) < 4.78 is 0. The molecule has 1 aromatic rings. The molecule has 1 saturated carbocycles. The summed E-state index contributed by atoms with van der Waals surface area (Å²) in [5.74, 6) is 0.955. The van der Waals surface area contributed by atoms with E-state index >= 15 is 0 Å². The monoisotopic (exact) mass is 267 g/mol. The number of nitrogens with one attached hydrogen (secondary N) is 1. The molecule has 0 aromatic carbocycles. The average molecular weight is 267 g/mol. The van der Waals surface area contributed by atoms with Crippen molar-refractivity contribution in [1.82, 2.24) is 10.3 Å². The van der Waals surface area contributed by atoms with Gasteiger partial charge >= 0.3 is 0 Å². The summed E-state index contributed by atoms with van der Waals surface area (Å²) in [5, 5.41) is 6.10. The quantitative estimate of drug-likeness (QED) is 0.854. The van der Waals surface area contributed by atoms with Crippen molar-refractivity contribution >= 4 is 17.2 Å². The van der Waals surface area contributed by atoms with E-state index in [1.807, 2.05) is 5.38 Å². The highest BCUT2D eigenvalue weighted by molar-refractivity contribution is 7.09. The Hall–Kier alpha value is -0.940. The molecular formula is C13H21N3OS. The molecule has 5 heteroatoms. The van der Waals surface area contributed by atoms with Gasteiger partial charge in [-0.1, -0.05) is 13.3 Å². The molecule has 3 unspecified atom stereocenters. The van der Waals surface area contributed by atoms with Crippen LogP contribution in [-0.2, 0) is 4.79 Å². The summed E-state index contributed by atoms with van der Waals surface area (Å²) in [6, 6.07) is 0. The second kappa shape index (κ2) is 6.29. The fraction of sp³-hybridized carbons (Fsp3) is 0.692. The van der Waals surface area contributed by atoms with Gasteiger partial charge in [0.2, 0.25) is 5.91 Å². The Balaban J connectivity index is 1.81. The Labute approximate surface area is 112 Å². The van der Waals surface area contributed by atoms with E-state index in [1.54, 1.807) is 17.5 Å². The first-order chi connectivity index (χ1) is 8.72. The number of carbonyl (C=O) groups excluding carboxylic acids is 1. The summed E-state index contributed by atoms with van der Waals surface area (Å²) >= 11 is 1.64. The van der Waals surface area contributed by atoms with Crippen LogP contribution in [0, 0.1) is 11.8 Å². The first-order valence-corrected chi connectivity index (χ1v) is 7.47. The summed E-state index contributed by atoms with van der Waals surface area (Å²) in [5.41, 5.74) is 5.71. The second-order valence-corrected chi connectivity index (χ2v) is 5.98. The summed E-state index contributed by atoms with van der Waals surface area (Å²) in [6.45, 7) is 3.38. The third-order valence-corrected chi connectivity index (χ3v) is 4.76. The van der Waals surface area contributed by atoms with Crippen molar-refractivity contribution in [1.29, 1.82) is 0 Å². The minimum atomic E-state index is 0.124. The van der Waals surface area contributed by atoms with E-state index in [0.29, 0.717) is 19.0 Å². The zero-order valence-corrected chi connectivity index (χ0v) is 11.6. The number of hydrogen-bond acceptors (Lipinski definition) is 4. The molecule has 4 nitrogen and oxygen atoms in total. The van der Waals surface area contributed by atoms with Gasteiger partial charge < -0.3 is 11.1 Å². The number of aromatic nitrogens is 1. The fourth-order valence-electron chi connectivity index (χ4n) is 2.61. The van der Waals surface area contributed by atoms with Crippen LogP contribution in [0.5, 0.6) is 0 Å². The molecule has 1 amide bonds. The van der Waals surface area contributed by atoms with E-state index in [4.69, 9.17) is 5.73 Å². The molecular weight excluding hydrogens is 246 g/mol. The van der Waals surface area contributed by atoms with Crippen LogP contribution >= 0.6 is 11.3 Å². The van der Waals surface area contributed by atoms with Gasteiger partial charge in [-0.05, 0) is 25.3 Å². The number of amides is 1. The zero-order valence-electron chi connectivity index (χ0n) is 10.8. The van der Waals surface area contributed by atoms with Gasteiger partial charge in [0, 0.05) is 30.0 Å². The van der Waals surface area contributed by atoms with E-state index < -0.39 is 0 Å². The molecule has 0 spiro atoms. The van der Waals surface area contributed by atoms with E-state index in [1.165, 1.54) is 0 Å². The topological polar surface area (TPSA) is 68.0 Å². The number of nitrogens with two attached hydrogens (primary N) is 1. The first-order valence-electron chi connectivity index (χ1n) is 6.59. The molecule has 2 rings (SSSR count). The number of thiazole rings is 1. The molecule has 1 fully saturated rings. The van der Waals surface area contributed by atoms with Crippen molar-refractivity contribution in [2.75, 3.05) is 13.1 Å². The lowest BCUT2D eigenvalue weighted by molar-refractivity contribution is -0.126. The highest BCUT2D eigenvalue weighted by Gasteiger charge is 2.31. The van der Waals surface area contributed by atoms with Crippen LogP contribution in [0.1, 0.15) is 37.1 Å². The van der Waals surface area contributed by atoms with Crippen LogP contribution in [0.2, 0.25) is 0 Å². The van der Waals surface area contributed by atoms with Gasteiger partial charge in [0.25, 0.3) is 0 Å². The first kappa shape index (κ1) is 13.5. The van der Waals surface area contributed by atoms with Crippen molar-refractivity contribution in [2.24, 2.45) is 17.6 Å². The SMILES string of the molecule is CC(CNC(=O)C1CCCC1CN)c1nccs1. The molecule has 0 radical (unpaired) electrons. The number of rotatable bonds is 5. The third-order valence-electron chi connectivity index (χ3n) is 3.75. The normalized spacial score (nSPS) is 25.0. The van der Waals surface area contributed by atoms with Gasteiger partial charge in [0.15, 0.2) is 0 Å². The minimum Gasteiger partial charge on any atom is -0.355 e. The molecule has 100 valence electrons. The van der Waals surface area contributed by atoms with Gasteiger partial charge in [-0.3, -0.25) is 4.79 Å². The number of nitrogens with zero attached hydrogens (tertiary/aromatic N) is 1. The van der Waals surface area contributed by atoms with Gasteiger partial charge in [0.05, 0.1) is 5.01 Å². The van der Waals surface area contributed by atoms with Crippen molar-refractivity contribution in [3.8, 4) is 0 Å². The fourth-order valence-corrected chi connectivity index (χ4v) is 3.31. The van der Waals surface area contributed by atoms with Gasteiger partial charge in [-0.25, -0.2) is 4.98 Å². The molecule has 0 bridgehead atoms. The molecule has 3 N–H and O–H groups in total. The highest BCUT2D eigenvalue weighted by atomic mass is 32.1. The maximum absolute atomic E-state index is 12.1. The molecule has 0 aliphatic heterocycles. The van der Waals surface area contributed by atoms with Crippen LogP contribution in [-0.4, -0.2) is 24.0 Å². The van der Waals surface area contributed by atoms with Gasteiger partial charge in [-0.15, -0.1) is 11.3 Å². The van der Waals surface area contributed by atoms with Crippen LogP contribution in [0.25, 0.3) is 0 Å². The maximum Gasteiger partial charge on any atom is 0.223 e. The van der Waals surface area contributed by atoms with Gasteiger partial charge in [-0.2, -0.15) is 0 Å². The lowest BCUT2D eigenvalue weighted by Gasteiger charge is -2.18. The molecule has 1 heterocycles. The second-order valence-electron chi connectivity index (χ2n) is 5.05. The maximum atomic E-state index is 12.1. The minimum absolute atomic E-state index is 0.124. The van der Waals surface area contributed by atoms with Crippen molar-refractivity contribution in [3.05, 3.63) is 16.6 Å². The lowest BCUT2D eigenvalue weighted by Crippen LogP contribution is -2.36. The summed E-state index contributed by atoms with van der Waals surface area (Å²) in [7, 11) is 0. The van der Waals surface area contributed by atoms with E-state index in [9.17, 15) is 4.79 Å². The smallest absolute Gasteiger partial charge is 0.223 e. The Morgan fingerprint density at radius 3 is 3.17 bits per heavy atom. The molecule has 18 heavy (non-hydrogen) atoms. The predicted molar refractivity (Wildman–Crippen MR) is 73.4 cm³/mol. The summed E-state index contributed by atoms with van der Waals surface area (Å²) in [6.07, 6.45) is 5.01. The van der Waals surface area contributed by atoms with Crippen LogP contribution < -0.4 is 11.1 Å². The molecule has 0 saturated heterocycles. The standard InChI is InChI=1S/C13H21N3OS/c1-9(13-15-5-6-18-13)8-16-12(17)11-4-2-3-10(11)7-14/h5-6,9-11H,2-4,7-8,14H2,1H3,(H,16,17). The van der Waals surface area contributed by atoms with E-state index in [2.05, 4.69) is 17.2 Å². The number of hydrogen-bond donors (Lipinski definition) is 2. The molecule has 3 atom stereocenters. The number of carbonyl (C=O) groups is 1. The van der Waals surface area contributed by atoms with Crippen LogP contribution in [0.4, 0.5) is 0 Å². The predicted octanol–water partition coefficient (Wildman–Crippen LogP) is 1.74. The Morgan fingerprint density at radius 2 is 2.50 bits per heavy atom. The summed E-state index contributed by atoms with van der Waals surface area (Å²) in [4.78, 5) is 16.4. The zero-order chi connectivity index (χ0) is 13.0. The largest absolute Gasteiger partial charge is 0.355 e. The van der Waals surface area contributed by atoms with E-state index in [-0.39, 0.29) is 17.7 Å². The third kappa shape index (κ3) is 3.09. The average Bonchev–Trinajstić information content (AvgIpc) is 3.04. The Morgan fingerprint density at radius 1 is 1.67 bits per heavy atom. The molecule has 1 aliphatic carbocycles.